The van der Waals surface area contributed by atoms with Crippen molar-refractivity contribution in [1.82, 2.24) is 0 Å². The lowest BCUT2D eigenvalue weighted by Crippen LogP contribution is -2.24. The molecule has 1 radical (unpaired) electrons. The van der Waals surface area contributed by atoms with Crippen LogP contribution < -0.4 is 0 Å². The van der Waals surface area contributed by atoms with Crippen molar-refractivity contribution in [1.29, 1.82) is 0 Å². The predicted molar refractivity (Wildman–Crippen MR) is 56.1 cm³/mol. The first-order valence-electron chi connectivity index (χ1n) is 4.61. The number of unbranched alkanes of at least 4 members (excludes halogenated alkanes) is 1. The first-order chi connectivity index (χ1) is 7.24. The molecule has 0 unspecified atom stereocenters. The van der Waals surface area contributed by atoms with Crippen molar-refractivity contribution >= 4 is 15.5 Å². The van der Waals surface area contributed by atoms with E-state index in [0.29, 0.717) is 13.2 Å². The van der Waals surface area contributed by atoms with Crippen LogP contribution in [0.25, 0.3) is 0 Å². The van der Waals surface area contributed by atoms with Crippen LogP contribution in [0.1, 0.15) is 12.8 Å². The van der Waals surface area contributed by atoms with Crippen LogP contribution in [0, 0.1) is 0 Å². The fraction of sp³-hybridized carbons (Fsp3) is 0.667. The van der Waals surface area contributed by atoms with E-state index in [9.17, 15) is 4.79 Å². The minimum atomic E-state index is -1.55. The largest absolute Gasteiger partial charge is 0.577 e. The number of rotatable bonds is 9. The standard InChI is InChI=1S/C9H17O5Si/c1-4-9(10)13-7-5-6-8-14-15(11-2)12-3/h4H,1,5-8H2,2-3H3. The number of esters is 1. The number of carbonyl (C=O) groups is 1. The molecule has 6 heteroatoms. The Morgan fingerprint density at radius 2 is 1.87 bits per heavy atom. The second kappa shape index (κ2) is 9.85. The molecule has 0 saturated carbocycles. The quantitative estimate of drug-likeness (QED) is 0.255. The highest BCUT2D eigenvalue weighted by Crippen LogP contribution is 1.95. The maximum Gasteiger partial charge on any atom is 0.577 e. The summed E-state index contributed by atoms with van der Waals surface area (Å²) < 4.78 is 19.9. The van der Waals surface area contributed by atoms with E-state index < -0.39 is 15.5 Å². The van der Waals surface area contributed by atoms with E-state index in [1.54, 1.807) is 14.2 Å². The third kappa shape index (κ3) is 8.31. The Kier molecular flexibility index (Phi) is 9.39. The van der Waals surface area contributed by atoms with Gasteiger partial charge in [0.25, 0.3) is 0 Å². The van der Waals surface area contributed by atoms with Gasteiger partial charge in [-0.1, -0.05) is 6.58 Å². The van der Waals surface area contributed by atoms with Crippen LogP contribution >= 0.6 is 0 Å². The first-order valence-corrected chi connectivity index (χ1v) is 5.84. The summed E-state index contributed by atoms with van der Waals surface area (Å²) in [4.78, 5) is 10.6. The summed E-state index contributed by atoms with van der Waals surface area (Å²) >= 11 is 0. The number of hydrogen-bond acceptors (Lipinski definition) is 5. The van der Waals surface area contributed by atoms with E-state index in [1.807, 2.05) is 0 Å². The van der Waals surface area contributed by atoms with Crippen LogP contribution in [0.4, 0.5) is 0 Å². The normalized spacial score (nSPS) is 10.3. The molecule has 15 heavy (non-hydrogen) atoms. The van der Waals surface area contributed by atoms with Crippen LogP contribution in [0.3, 0.4) is 0 Å². The van der Waals surface area contributed by atoms with Gasteiger partial charge < -0.3 is 18.0 Å². The summed E-state index contributed by atoms with van der Waals surface area (Å²) in [5.41, 5.74) is 0. The van der Waals surface area contributed by atoms with Crippen molar-refractivity contribution in [2.45, 2.75) is 12.8 Å². The fourth-order valence-electron chi connectivity index (χ4n) is 0.792. The minimum Gasteiger partial charge on any atom is -0.463 e. The maximum atomic E-state index is 10.6. The van der Waals surface area contributed by atoms with Gasteiger partial charge in [-0.2, -0.15) is 0 Å². The molecule has 0 aromatic heterocycles. The van der Waals surface area contributed by atoms with Crippen molar-refractivity contribution in [3.8, 4) is 0 Å². The number of carbonyl (C=O) groups excluding carboxylic acids is 1. The Morgan fingerprint density at radius 1 is 1.27 bits per heavy atom. The van der Waals surface area contributed by atoms with E-state index in [2.05, 4.69) is 6.58 Å². The third-order valence-electron chi connectivity index (χ3n) is 1.50. The Hall–Kier alpha value is -0.693. The van der Waals surface area contributed by atoms with Gasteiger partial charge in [-0.15, -0.1) is 0 Å². The van der Waals surface area contributed by atoms with E-state index in [4.69, 9.17) is 18.0 Å². The lowest BCUT2D eigenvalue weighted by atomic mass is 10.3. The van der Waals surface area contributed by atoms with Crippen molar-refractivity contribution < 1.29 is 22.8 Å². The van der Waals surface area contributed by atoms with Gasteiger partial charge in [0, 0.05) is 26.9 Å². The van der Waals surface area contributed by atoms with Gasteiger partial charge in [0.05, 0.1) is 6.61 Å². The highest BCUT2D eigenvalue weighted by Gasteiger charge is 2.13. The number of hydrogen-bond donors (Lipinski definition) is 0. The molecular formula is C9H17O5Si. The summed E-state index contributed by atoms with van der Waals surface area (Å²) in [6.45, 7) is 4.22. The smallest absolute Gasteiger partial charge is 0.463 e. The molecule has 0 aromatic rings. The highest BCUT2D eigenvalue weighted by molar-refractivity contribution is 6.36. The average molecular weight is 233 g/mol. The molecule has 0 saturated heterocycles. The topological polar surface area (TPSA) is 54.0 Å². The van der Waals surface area contributed by atoms with Gasteiger partial charge >= 0.3 is 15.5 Å². The Morgan fingerprint density at radius 3 is 2.40 bits per heavy atom. The van der Waals surface area contributed by atoms with Gasteiger partial charge in [-0.05, 0) is 12.8 Å². The van der Waals surface area contributed by atoms with E-state index in [-0.39, 0.29) is 0 Å². The van der Waals surface area contributed by atoms with E-state index in [0.717, 1.165) is 18.9 Å². The van der Waals surface area contributed by atoms with Gasteiger partial charge in [0.2, 0.25) is 0 Å². The van der Waals surface area contributed by atoms with Gasteiger partial charge in [0.1, 0.15) is 0 Å². The fourth-order valence-corrected chi connectivity index (χ4v) is 1.51. The zero-order valence-corrected chi connectivity index (χ0v) is 10.2. The Balaban J connectivity index is 3.24. The Bertz CT molecular complexity index is 181. The van der Waals surface area contributed by atoms with Crippen molar-refractivity contribution in [3.63, 3.8) is 0 Å². The van der Waals surface area contributed by atoms with Crippen molar-refractivity contribution in [2.75, 3.05) is 27.4 Å². The second-order valence-corrected chi connectivity index (χ2v) is 4.19. The Labute approximate surface area is 91.9 Å². The third-order valence-corrected chi connectivity index (χ3v) is 2.61. The molecule has 0 N–H and O–H groups in total. The van der Waals surface area contributed by atoms with Crippen LogP contribution in [-0.2, 0) is 22.8 Å². The monoisotopic (exact) mass is 233 g/mol. The number of ether oxygens (including phenoxy) is 1. The molecular weight excluding hydrogens is 216 g/mol. The maximum absolute atomic E-state index is 10.6. The molecule has 0 aliphatic carbocycles. The summed E-state index contributed by atoms with van der Waals surface area (Å²) in [6, 6.07) is 0. The molecule has 0 amide bonds. The zero-order chi connectivity index (χ0) is 11.5. The molecule has 0 heterocycles. The van der Waals surface area contributed by atoms with Crippen LogP contribution in [-0.4, -0.2) is 42.9 Å². The average Bonchev–Trinajstić information content (AvgIpc) is 2.28. The molecule has 0 bridgehead atoms. The highest BCUT2D eigenvalue weighted by atomic mass is 28.3. The van der Waals surface area contributed by atoms with Crippen LogP contribution in [0.5, 0.6) is 0 Å². The predicted octanol–water partition coefficient (Wildman–Crippen LogP) is 0.790. The van der Waals surface area contributed by atoms with E-state index >= 15 is 0 Å². The molecule has 0 aliphatic rings. The molecule has 0 rings (SSSR count). The lowest BCUT2D eigenvalue weighted by molar-refractivity contribution is -0.137. The molecule has 0 aliphatic heterocycles. The first kappa shape index (κ1) is 14.3. The van der Waals surface area contributed by atoms with Crippen molar-refractivity contribution in [3.05, 3.63) is 12.7 Å². The SMILES string of the molecule is C=CC(=O)OCCCCO[Si](OC)OC. The van der Waals surface area contributed by atoms with Gasteiger partial charge in [0.15, 0.2) is 0 Å². The molecule has 0 aromatic carbocycles. The molecule has 5 nitrogen and oxygen atoms in total. The molecule has 0 fully saturated rings. The summed E-state index contributed by atoms with van der Waals surface area (Å²) in [5, 5.41) is 0. The summed E-state index contributed by atoms with van der Waals surface area (Å²) in [7, 11) is 1.54. The van der Waals surface area contributed by atoms with Gasteiger partial charge in [-0.3, -0.25) is 0 Å². The van der Waals surface area contributed by atoms with Crippen LogP contribution in [0.15, 0.2) is 12.7 Å². The lowest BCUT2D eigenvalue weighted by Gasteiger charge is -2.08. The second-order valence-electron chi connectivity index (χ2n) is 2.59. The summed E-state index contributed by atoms with van der Waals surface area (Å²) in [5.74, 6) is -0.394. The molecule has 87 valence electrons. The minimum absolute atomic E-state index is 0.385. The van der Waals surface area contributed by atoms with Crippen LogP contribution in [0.2, 0.25) is 0 Å². The van der Waals surface area contributed by atoms with E-state index in [1.165, 1.54) is 0 Å². The van der Waals surface area contributed by atoms with Gasteiger partial charge in [-0.25, -0.2) is 4.79 Å². The molecule has 0 atom stereocenters. The zero-order valence-electron chi connectivity index (χ0n) is 9.15. The van der Waals surface area contributed by atoms with Crippen molar-refractivity contribution in [2.24, 2.45) is 0 Å². The summed E-state index contributed by atoms with van der Waals surface area (Å²) in [6.07, 6.45) is 2.70. The molecule has 0 spiro atoms.